The third kappa shape index (κ3) is 5.18. The van der Waals surface area contributed by atoms with Crippen LogP contribution in [0.1, 0.15) is 12.5 Å². The van der Waals surface area contributed by atoms with Gasteiger partial charge in [-0.2, -0.15) is 0 Å². The van der Waals surface area contributed by atoms with Crippen LogP contribution in [0.5, 0.6) is 5.75 Å². The van der Waals surface area contributed by atoms with Crippen LogP contribution in [0.25, 0.3) is 0 Å². The molecule has 1 N–H and O–H groups in total. The van der Waals surface area contributed by atoms with Gasteiger partial charge in [0.2, 0.25) is 0 Å². The normalized spacial score (nSPS) is 11.6. The van der Waals surface area contributed by atoms with Gasteiger partial charge in [-0.25, -0.2) is 0 Å². The van der Waals surface area contributed by atoms with Gasteiger partial charge in [0.25, 0.3) is 5.91 Å². The van der Waals surface area contributed by atoms with Crippen molar-refractivity contribution in [1.82, 2.24) is 0 Å². The predicted octanol–water partition coefficient (Wildman–Crippen LogP) is 4.68. The number of rotatable bonds is 7. The van der Waals surface area contributed by atoms with Crippen LogP contribution in [-0.2, 0) is 4.79 Å². The van der Waals surface area contributed by atoms with Gasteiger partial charge < -0.3 is 10.1 Å². The molecule has 2 aromatic carbocycles. The Morgan fingerprint density at radius 3 is 2.83 bits per heavy atom. The molecule has 0 aliphatic rings. The molecule has 0 aliphatic carbocycles. The molecule has 0 aliphatic heterocycles. The monoisotopic (exact) mass is 327 g/mol. The molecule has 0 saturated carbocycles. The van der Waals surface area contributed by atoms with E-state index in [9.17, 15) is 4.79 Å². The highest BCUT2D eigenvalue weighted by Gasteiger charge is 2.16. The molecule has 2 aromatic rings. The van der Waals surface area contributed by atoms with Gasteiger partial charge in [0.05, 0.1) is 5.69 Å². The fourth-order valence-corrected chi connectivity index (χ4v) is 2.77. The molecule has 0 heterocycles. The van der Waals surface area contributed by atoms with Crippen molar-refractivity contribution in [2.45, 2.75) is 24.8 Å². The number of amides is 1. The summed E-state index contributed by atoms with van der Waals surface area (Å²) in [5.74, 6) is 1.32. The summed E-state index contributed by atoms with van der Waals surface area (Å²) in [6, 6.07) is 15.4. The van der Waals surface area contributed by atoms with Crippen LogP contribution in [0.2, 0.25) is 0 Å². The maximum absolute atomic E-state index is 12.4. The van der Waals surface area contributed by atoms with E-state index in [1.54, 1.807) is 18.7 Å². The van der Waals surface area contributed by atoms with Crippen molar-refractivity contribution < 1.29 is 9.53 Å². The summed E-state index contributed by atoms with van der Waals surface area (Å²) < 4.78 is 5.72. The molecule has 0 bridgehead atoms. The fraction of sp³-hybridized carbons (Fsp3) is 0.211. The Morgan fingerprint density at radius 1 is 1.30 bits per heavy atom. The Morgan fingerprint density at radius 2 is 2.09 bits per heavy atom. The Labute approximate surface area is 141 Å². The molecule has 1 atom stereocenters. The van der Waals surface area contributed by atoms with E-state index >= 15 is 0 Å². The Hall–Kier alpha value is -2.20. The average molecular weight is 327 g/mol. The summed E-state index contributed by atoms with van der Waals surface area (Å²) in [5.41, 5.74) is 1.89. The van der Waals surface area contributed by atoms with E-state index in [4.69, 9.17) is 4.74 Å². The second kappa shape index (κ2) is 8.44. The molecule has 120 valence electrons. The lowest BCUT2D eigenvalue weighted by molar-refractivity contribution is -0.122. The van der Waals surface area contributed by atoms with E-state index in [1.165, 1.54) is 0 Å². The van der Waals surface area contributed by atoms with Crippen molar-refractivity contribution in [3.63, 3.8) is 0 Å². The van der Waals surface area contributed by atoms with E-state index in [1.807, 2.05) is 61.5 Å². The first-order chi connectivity index (χ1) is 11.1. The first-order valence-corrected chi connectivity index (χ1v) is 8.45. The van der Waals surface area contributed by atoms with Gasteiger partial charge in [0.1, 0.15) is 5.75 Å². The van der Waals surface area contributed by atoms with Gasteiger partial charge in [-0.1, -0.05) is 30.3 Å². The minimum absolute atomic E-state index is 0.168. The zero-order valence-corrected chi connectivity index (χ0v) is 14.2. The molecule has 0 saturated heterocycles. The van der Waals surface area contributed by atoms with Crippen molar-refractivity contribution in [3.05, 3.63) is 66.7 Å². The first kappa shape index (κ1) is 17.2. The third-order valence-electron chi connectivity index (χ3n) is 3.17. The summed E-state index contributed by atoms with van der Waals surface area (Å²) in [4.78, 5) is 13.4. The van der Waals surface area contributed by atoms with Crippen LogP contribution in [-0.4, -0.2) is 17.8 Å². The number of anilines is 1. The summed E-state index contributed by atoms with van der Waals surface area (Å²) in [6.07, 6.45) is 1.27. The summed E-state index contributed by atoms with van der Waals surface area (Å²) in [5, 5.41) is 2.93. The fourth-order valence-electron chi connectivity index (χ4n) is 2.03. The molecule has 0 aromatic heterocycles. The summed E-state index contributed by atoms with van der Waals surface area (Å²) in [6.45, 7) is 7.46. The second-order valence-corrected chi connectivity index (χ2v) is 6.22. The number of nitrogens with one attached hydrogen (secondary N) is 1. The Bertz CT molecular complexity index is 685. The quantitative estimate of drug-likeness (QED) is 0.593. The topological polar surface area (TPSA) is 38.3 Å². The molecule has 0 spiro atoms. The largest absolute Gasteiger partial charge is 0.481 e. The Balaban J connectivity index is 2.02. The molecular weight excluding hydrogens is 306 g/mol. The molecule has 1 amide bonds. The predicted molar refractivity (Wildman–Crippen MR) is 97.3 cm³/mol. The zero-order valence-electron chi connectivity index (χ0n) is 13.4. The van der Waals surface area contributed by atoms with E-state index in [2.05, 4.69) is 11.9 Å². The second-order valence-electron chi connectivity index (χ2n) is 5.16. The first-order valence-electron chi connectivity index (χ1n) is 7.47. The van der Waals surface area contributed by atoms with Crippen molar-refractivity contribution >= 4 is 23.4 Å². The number of benzene rings is 2. The number of thioether (sulfide) groups is 1. The smallest absolute Gasteiger partial charge is 0.265 e. The summed E-state index contributed by atoms with van der Waals surface area (Å²) in [7, 11) is 0. The van der Waals surface area contributed by atoms with Crippen LogP contribution >= 0.6 is 11.8 Å². The van der Waals surface area contributed by atoms with Gasteiger partial charge in [-0.05, 0) is 43.7 Å². The van der Waals surface area contributed by atoms with Gasteiger partial charge in [-0.15, -0.1) is 18.3 Å². The van der Waals surface area contributed by atoms with Crippen LogP contribution in [0, 0.1) is 6.92 Å². The standard InChI is InChI=1S/C19H21NO2S/c1-4-12-23-18-11-6-5-10-17(18)20-19(21)15(3)22-16-9-7-8-14(2)13-16/h4-11,13,15H,1,12H2,2-3H3,(H,20,21)/t15-/m1/s1. The lowest BCUT2D eigenvalue weighted by Gasteiger charge is -2.16. The van der Waals surface area contributed by atoms with Crippen LogP contribution in [0.3, 0.4) is 0 Å². The number of carbonyl (C=O) groups is 1. The lowest BCUT2D eigenvalue weighted by Crippen LogP contribution is -2.30. The molecule has 3 nitrogen and oxygen atoms in total. The van der Waals surface area contributed by atoms with Gasteiger partial charge in [0.15, 0.2) is 6.10 Å². The SMILES string of the molecule is C=CCSc1ccccc1NC(=O)[C@@H](C)Oc1cccc(C)c1. The van der Waals surface area contributed by atoms with Crippen molar-refractivity contribution in [2.75, 3.05) is 11.1 Å². The maximum Gasteiger partial charge on any atom is 0.265 e. The van der Waals surface area contributed by atoms with Crippen molar-refractivity contribution in [2.24, 2.45) is 0 Å². The molecule has 0 fully saturated rings. The highest BCUT2D eigenvalue weighted by molar-refractivity contribution is 7.99. The number of carbonyl (C=O) groups excluding carboxylic acids is 1. The van der Waals surface area contributed by atoms with Crippen LogP contribution in [0.15, 0.2) is 66.1 Å². The van der Waals surface area contributed by atoms with E-state index in [0.717, 1.165) is 21.9 Å². The Kier molecular flexibility index (Phi) is 6.29. The number of hydrogen-bond acceptors (Lipinski definition) is 3. The van der Waals surface area contributed by atoms with E-state index in [-0.39, 0.29) is 5.91 Å². The molecule has 0 radical (unpaired) electrons. The molecule has 4 heteroatoms. The molecular formula is C19H21NO2S. The number of ether oxygens (including phenoxy) is 1. The zero-order chi connectivity index (χ0) is 16.7. The highest BCUT2D eigenvalue weighted by Crippen LogP contribution is 2.27. The number of para-hydroxylation sites is 1. The minimum Gasteiger partial charge on any atom is -0.481 e. The third-order valence-corrected chi connectivity index (χ3v) is 4.24. The maximum atomic E-state index is 12.4. The molecule has 23 heavy (non-hydrogen) atoms. The molecule has 2 rings (SSSR count). The van der Waals surface area contributed by atoms with Crippen LogP contribution in [0.4, 0.5) is 5.69 Å². The number of hydrogen-bond donors (Lipinski definition) is 1. The summed E-state index contributed by atoms with van der Waals surface area (Å²) >= 11 is 1.63. The lowest BCUT2D eigenvalue weighted by atomic mass is 10.2. The van der Waals surface area contributed by atoms with E-state index < -0.39 is 6.10 Å². The van der Waals surface area contributed by atoms with Crippen LogP contribution < -0.4 is 10.1 Å². The molecule has 0 unspecified atom stereocenters. The highest BCUT2D eigenvalue weighted by atomic mass is 32.2. The van der Waals surface area contributed by atoms with Gasteiger partial charge >= 0.3 is 0 Å². The number of aryl methyl sites for hydroxylation is 1. The average Bonchev–Trinajstić information content (AvgIpc) is 2.54. The van der Waals surface area contributed by atoms with Gasteiger partial charge in [-0.3, -0.25) is 4.79 Å². The van der Waals surface area contributed by atoms with Crippen molar-refractivity contribution in [3.8, 4) is 5.75 Å². The van der Waals surface area contributed by atoms with E-state index in [0.29, 0.717) is 5.75 Å². The minimum atomic E-state index is -0.575. The van der Waals surface area contributed by atoms with Crippen molar-refractivity contribution in [1.29, 1.82) is 0 Å². The van der Waals surface area contributed by atoms with Gasteiger partial charge in [0, 0.05) is 10.6 Å².